The first-order valence-electron chi connectivity index (χ1n) is 9.37. The molecule has 0 aliphatic rings. The molecule has 9 heteroatoms. The molecule has 0 unspecified atom stereocenters. The number of amides is 1. The van der Waals surface area contributed by atoms with E-state index in [0.29, 0.717) is 27.8 Å². The molecule has 2 aromatic carbocycles. The number of nitrogens with zero attached hydrogens (tertiary/aromatic N) is 2. The van der Waals surface area contributed by atoms with Crippen LogP contribution in [-0.4, -0.2) is 28.6 Å². The molecule has 0 saturated heterocycles. The standard InChI is InChI=1S/C21H20F2N2O4S/c1-2-11-29-14-5-3-13(4-6-14)25(18(26)9-10-19(27)28)12-17-24-21-16(30-17)8-7-15(22)20(21)23/h3-8H,2,9-12H2,1H3,(H,27,28). The van der Waals surface area contributed by atoms with Crippen LogP contribution in [0.2, 0.25) is 0 Å². The van der Waals surface area contributed by atoms with E-state index in [9.17, 15) is 18.4 Å². The number of carbonyl (C=O) groups is 2. The van der Waals surface area contributed by atoms with E-state index in [1.54, 1.807) is 24.3 Å². The molecule has 158 valence electrons. The fourth-order valence-corrected chi connectivity index (χ4v) is 3.75. The SMILES string of the molecule is CCCOc1ccc(N(Cc2nc3c(F)c(F)ccc3s2)C(=O)CCC(=O)O)cc1. The Balaban J connectivity index is 1.88. The van der Waals surface area contributed by atoms with Crippen molar-refractivity contribution in [3.8, 4) is 5.75 Å². The lowest BCUT2D eigenvalue weighted by Gasteiger charge is -2.22. The molecule has 0 fully saturated rings. The zero-order valence-electron chi connectivity index (χ0n) is 16.2. The Bertz CT molecular complexity index is 1050. The highest BCUT2D eigenvalue weighted by Gasteiger charge is 2.20. The summed E-state index contributed by atoms with van der Waals surface area (Å²) in [6.45, 7) is 2.56. The first-order valence-corrected chi connectivity index (χ1v) is 10.2. The predicted octanol–water partition coefficient (Wildman–Crippen LogP) is 4.76. The predicted molar refractivity (Wildman–Crippen MR) is 110 cm³/mol. The Kier molecular flexibility index (Phi) is 6.94. The second-order valence-corrected chi connectivity index (χ2v) is 7.65. The number of hydrogen-bond donors (Lipinski definition) is 1. The molecule has 1 aromatic heterocycles. The number of anilines is 1. The fourth-order valence-electron chi connectivity index (χ4n) is 2.80. The normalized spacial score (nSPS) is 10.9. The molecule has 1 N–H and O–H groups in total. The van der Waals surface area contributed by atoms with Crippen LogP contribution in [0.3, 0.4) is 0 Å². The van der Waals surface area contributed by atoms with Gasteiger partial charge in [0.25, 0.3) is 0 Å². The summed E-state index contributed by atoms with van der Waals surface area (Å²) in [6, 6.07) is 9.29. The summed E-state index contributed by atoms with van der Waals surface area (Å²) in [4.78, 5) is 29.1. The highest BCUT2D eigenvalue weighted by atomic mass is 32.1. The van der Waals surface area contributed by atoms with Crippen molar-refractivity contribution < 1.29 is 28.2 Å². The number of fused-ring (bicyclic) bond motifs is 1. The molecule has 6 nitrogen and oxygen atoms in total. The molecule has 0 saturated carbocycles. The monoisotopic (exact) mass is 434 g/mol. The molecule has 0 aliphatic heterocycles. The molecule has 0 spiro atoms. The Morgan fingerprint density at radius 2 is 1.87 bits per heavy atom. The van der Waals surface area contributed by atoms with Crippen molar-refractivity contribution in [2.45, 2.75) is 32.7 Å². The summed E-state index contributed by atoms with van der Waals surface area (Å²) in [5.74, 6) is -2.86. The van der Waals surface area contributed by atoms with Crippen molar-refractivity contribution in [3.05, 3.63) is 53.0 Å². The van der Waals surface area contributed by atoms with E-state index in [0.717, 1.165) is 23.8 Å². The van der Waals surface area contributed by atoms with E-state index in [-0.39, 0.29) is 24.9 Å². The number of hydrogen-bond acceptors (Lipinski definition) is 5. The van der Waals surface area contributed by atoms with Crippen molar-refractivity contribution in [3.63, 3.8) is 0 Å². The van der Waals surface area contributed by atoms with Crippen LogP contribution in [0.25, 0.3) is 10.2 Å². The smallest absolute Gasteiger partial charge is 0.303 e. The maximum atomic E-state index is 14.0. The number of carbonyl (C=O) groups excluding carboxylic acids is 1. The van der Waals surface area contributed by atoms with E-state index in [2.05, 4.69) is 4.98 Å². The number of carboxylic acids is 1. The zero-order chi connectivity index (χ0) is 21.7. The molecule has 30 heavy (non-hydrogen) atoms. The maximum absolute atomic E-state index is 14.0. The average molecular weight is 434 g/mol. The van der Waals surface area contributed by atoms with Crippen LogP contribution in [-0.2, 0) is 16.1 Å². The van der Waals surface area contributed by atoms with Crippen molar-refractivity contribution in [2.24, 2.45) is 0 Å². The first kappa shape index (κ1) is 21.6. The van der Waals surface area contributed by atoms with Crippen molar-refractivity contribution in [1.29, 1.82) is 0 Å². The van der Waals surface area contributed by atoms with Gasteiger partial charge in [0, 0.05) is 12.1 Å². The van der Waals surface area contributed by atoms with Gasteiger partial charge in [-0.25, -0.2) is 13.8 Å². The van der Waals surface area contributed by atoms with Gasteiger partial charge in [0.2, 0.25) is 5.91 Å². The molecule has 0 bridgehead atoms. The van der Waals surface area contributed by atoms with E-state index < -0.39 is 23.5 Å². The van der Waals surface area contributed by atoms with E-state index in [1.807, 2.05) is 6.92 Å². The third-order valence-electron chi connectivity index (χ3n) is 4.26. The summed E-state index contributed by atoms with van der Waals surface area (Å²) >= 11 is 1.15. The Morgan fingerprint density at radius 3 is 2.53 bits per heavy atom. The van der Waals surface area contributed by atoms with Gasteiger partial charge in [0.15, 0.2) is 11.6 Å². The van der Waals surface area contributed by atoms with Crippen LogP contribution in [0.15, 0.2) is 36.4 Å². The number of carboxylic acid groups (broad SMARTS) is 1. The van der Waals surface area contributed by atoms with Crippen molar-refractivity contribution in [2.75, 3.05) is 11.5 Å². The number of ether oxygens (including phenoxy) is 1. The van der Waals surface area contributed by atoms with Gasteiger partial charge in [-0.2, -0.15) is 0 Å². The molecule has 1 amide bonds. The second-order valence-electron chi connectivity index (χ2n) is 6.53. The maximum Gasteiger partial charge on any atom is 0.303 e. The van der Waals surface area contributed by atoms with E-state index in [4.69, 9.17) is 9.84 Å². The molecular formula is C21H20F2N2O4S. The molecule has 3 rings (SSSR count). The van der Waals surface area contributed by atoms with Crippen LogP contribution in [0.5, 0.6) is 5.75 Å². The van der Waals surface area contributed by atoms with Crippen molar-refractivity contribution in [1.82, 2.24) is 4.98 Å². The van der Waals surface area contributed by atoms with Crippen molar-refractivity contribution >= 4 is 39.1 Å². The number of aliphatic carboxylic acids is 1. The summed E-state index contributed by atoms with van der Waals surface area (Å²) in [5, 5.41) is 9.31. The van der Waals surface area contributed by atoms with Crippen LogP contribution in [0, 0.1) is 11.6 Å². The average Bonchev–Trinajstić information content (AvgIpc) is 3.15. The van der Waals surface area contributed by atoms with Crippen LogP contribution in [0.1, 0.15) is 31.2 Å². The summed E-state index contributed by atoms with van der Waals surface area (Å²) in [7, 11) is 0. The molecule has 0 aliphatic carbocycles. The lowest BCUT2D eigenvalue weighted by atomic mass is 10.2. The number of benzene rings is 2. The third-order valence-corrected chi connectivity index (χ3v) is 5.27. The number of rotatable bonds is 9. The van der Waals surface area contributed by atoms with Gasteiger partial charge in [-0.15, -0.1) is 11.3 Å². The van der Waals surface area contributed by atoms with Gasteiger partial charge in [-0.3, -0.25) is 9.59 Å². The quantitative estimate of drug-likeness (QED) is 0.525. The molecule has 1 heterocycles. The number of thiazole rings is 1. The van der Waals surface area contributed by atoms with Crippen LogP contribution >= 0.6 is 11.3 Å². The van der Waals surface area contributed by atoms with Gasteiger partial charge in [-0.1, -0.05) is 6.92 Å². The summed E-state index contributed by atoms with van der Waals surface area (Å²) in [5.41, 5.74) is 0.441. The lowest BCUT2D eigenvalue weighted by molar-refractivity contribution is -0.138. The number of halogens is 2. The highest BCUT2D eigenvalue weighted by molar-refractivity contribution is 7.18. The summed E-state index contributed by atoms with van der Waals surface area (Å²) in [6.07, 6.45) is 0.348. The van der Waals surface area contributed by atoms with Gasteiger partial charge >= 0.3 is 5.97 Å². The minimum Gasteiger partial charge on any atom is -0.494 e. The third kappa shape index (κ3) is 5.10. The Morgan fingerprint density at radius 1 is 1.13 bits per heavy atom. The highest BCUT2D eigenvalue weighted by Crippen LogP contribution is 2.29. The second kappa shape index (κ2) is 9.62. The van der Waals surface area contributed by atoms with E-state index in [1.165, 1.54) is 11.0 Å². The van der Waals surface area contributed by atoms with Gasteiger partial charge < -0.3 is 14.7 Å². The molecule has 0 atom stereocenters. The molecular weight excluding hydrogens is 414 g/mol. The molecule has 0 radical (unpaired) electrons. The van der Waals surface area contributed by atoms with Crippen LogP contribution < -0.4 is 9.64 Å². The minimum absolute atomic E-state index is 0.00796. The van der Waals surface area contributed by atoms with Gasteiger partial charge in [0.05, 0.1) is 24.3 Å². The largest absolute Gasteiger partial charge is 0.494 e. The van der Waals surface area contributed by atoms with Crippen LogP contribution in [0.4, 0.5) is 14.5 Å². The zero-order valence-corrected chi connectivity index (χ0v) is 17.0. The lowest BCUT2D eigenvalue weighted by Crippen LogP contribution is -2.30. The summed E-state index contributed by atoms with van der Waals surface area (Å²) < 4.78 is 33.5. The molecule has 3 aromatic rings. The van der Waals surface area contributed by atoms with Gasteiger partial charge in [-0.05, 0) is 42.8 Å². The number of aromatic nitrogens is 1. The minimum atomic E-state index is -1.08. The Labute approximate surface area is 175 Å². The topological polar surface area (TPSA) is 79.7 Å². The van der Waals surface area contributed by atoms with E-state index >= 15 is 0 Å². The fraction of sp³-hybridized carbons (Fsp3) is 0.286. The Hall–Kier alpha value is -3.07. The first-order chi connectivity index (χ1) is 14.4. The van der Waals surface area contributed by atoms with Gasteiger partial charge in [0.1, 0.15) is 16.3 Å².